The van der Waals surface area contributed by atoms with Crippen LogP contribution in [0, 0.1) is 0 Å². The van der Waals surface area contributed by atoms with Crippen molar-refractivity contribution in [1.29, 1.82) is 0 Å². The second-order valence-electron chi connectivity index (χ2n) is 3.42. The molecule has 1 aromatic rings. The van der Waals surface area contributed by atoms with Gasteiger partial charge in [-0.1, -0.05) is 6.07 Å². The van der Waals surface area contributed by atoms with Gasteiger partial charge in [0, 0.05) is 11.5 Å². The molecule has 0 aliphatic rings. The van der Waals surface area contributed by atoms with Gasteiger partial charge in [0.1, 0.15) is 6.54 Å². The van der Waals surface area contributed by atoms with E-state index in [9.17, 15) is 13.2 Å². The maximum atomic E-state index is 12.2. The Hall–Kier alpha value is -0.750. The third-order valence-corrected chi connectivity index (χ3v) is 2.66. The monoisotopic (exact) mass is 297 g/mol. The molecule has 0 radical (unpaired) electrons. The van der Waals surface area contributed by atoms with E-state index in [1.54, 1.807) is 18.2 Å². The van der Waals surface area contributed by atoms with Crippen LogP contribution in [0.1, 0.15) is 5.56 Å². The van der Waals surface area contributed by atoms with Gasteiger partial charge in [-0.15, -0.1) is 0 Å². The molecule has 90 valence electrons. The first-order valence-corrected chi connectivity index (χ1v) is 5.30. The molecule has 16 heavy (non-hydrogen) atoms. The summed E-state index contributed by atoms with van der Waals surface area (Å²) in [5.74, 6) is 0. The predicted octanol–water partition coefficient (Wildman–Crippen LogP) is 2.94. The highest BCUT2D eigenvalue weighted by Crippen LogP contribution is 2.28. The van der Waals surface area contributed by atoms with Crippen molar-refractivity contribution in [3.63, 3.8) is 0 Å². The lowest BCUT2D eigenvalue weighted by Gasteiger charge is -2.22. The molecule has 2 nitrogen and oxygen atoms in total. The largest absolute Gasteiger partial charge is 0.405 e. The van der Waals surface area contributed by atoms with Crippen molar-refractivity contribution in [3.05, 3.63) is 28.2 Å². The highest BCUT2D eigenvalue weighted by Gasteiger charge is 2.29. The van der Waals surface area contributed by atoms with Crippen LogP contribution in [0.4, 0.5) is 18.9 Å². The lowest BCUT2D eigenvalue weighted by molar-refractivity contribution is -0.119. The van der Waals surface area contributed by atoms with E-state index in [2.05, 4.69) is 15.9 Å². The topological polar surface area (TPSA) is 23.5 Å². The maximum absolute atomic E-state index is 12.2. The van der Waals surface area contributed by atoms with Gasteiger partial charge in [-0.25, -0.2) is 0 Å². The number of halogens is 4. The fourth-order valence-electron chi connectivity index (χ4n) is 1.31. The number of hydrogen-bond acceptors (Lipinski definition) is 2. The highest BCUT2D eigenvalue weighted by atomic mass is 79.9. The van der Waals surface area contributed by atoms with E-state index in [0.717, 1.165) is 4.90 Å². The van der Waals surface area contributed by atoms with Gasteiger partial charge in [0.25, 0.3) is 0 Å². The molecule has 0 aromatic heterocycles. The molecule has 0 heterocycles. The minimum Gasteiger partial charge on any atom is -0.392 e. The number of aliphatic hydroxyl groups is 1. The zero-order chi connectivity index (χ0) is 12.3. The second-order valence-corrected chi connectivity index (χ2v) is 4.27. The molecule has 0 aliphatic carbocycles. The third kappa shape index (κ3) is 3.68. The zero-order valence-electron chi connectivity index (χ0n) is 8.55. The van der Waals surface area contributed by atoms with Crippen molar-refractivity contribution in [1.82, 2.24) is 0 Å². The average molecular weight is 298 g/mol. The van der Waals surface area contributed by atoms with Crippen LogP contribution in [0.5, 0.6) is 0 Å². The zero-order valence-corrected chi connectivity index (χ0v) is 10.1. The minimum absolute atomic E-state index is 0.137. The molecule has 0 amide bonds. The van der Waals surface area contributed by atoms with Crippen molar-refractivity contribution in [2.24, 2.45) is 0 Å². The van der Waals surface area contributed by atoms with Crippen LogP contribution >= 0.6 is 15.9 Å². The van der Waals surface area contributed by atoms with E-state index >= 15 is 0 Å². The van der Waals surface area contributed by atoms with E-state index in [1.165, 1.54) is 7.05 Å². The summed E-state index contributed by atoms with van der Waals surface area (Å²) in [4.78, 5) is 1.10. The molecule has 1 rings (SSSR count). The van der Waals surface area contributed by atoms with Gasteiger partial charge in [0.05, 0.1) is 12.3 Å². The Balaban J connectivity index is 2.88. The summed E-state index contributed by atoms with van der Waals surface area (Å²) in [7, 11) is 1.37. The van der Waals surface area contributed by atoms with Crippen LogP contribution in [0.2, 0.25) is 0 Å². The molecule has 0 saturated carbocycles. The predicted molar refractivity (Wildman–Crippen MR) is 59.4 cm³/mol. The number of alkyl halides is 3. The third-order valence-electron chi connectivity index (χ3n) is 2.02. The van der Waals surface area contributed by atoms with Crippen molar-refractivity contribution in [2.45, 2.75) is 12.8 Å². The Morgan fingerprint density at radius 3 is 2.44 bits per heavy atom. The number of nitrogens with zero attached hydrogens (tertiary/aromatic N) is 1. The standard InChI is InChI=1S/C10H11BrF3NO/c1-15(6-10(12,13)14)9-3-2-7(5-16)4-8(9)11/h2-4,16H,5-6H2,1H3. The summed E-state index contributed by atoms with van der Waals surface area (Å²) in [6.07, 6.45) is -4.23. The molecular weight excluding hydrogens is 287 g/mol. The Kier molecular flexibility index (Phi) is 4.21. The van der Waals surface area contributed by atoms with E-state index in [4.69, 9.17) is 5.11 Å². The smallest absolute Gasteiger partial charge is 0.392 e. The van der Waals surface area contributed by atoms with Gasteiger partial charge in [0.2, 0.25) is 0 Å². The van der Waals surface area contributed by atoms with Crippen LogP contribution in [0.15, 0.2) is 22.7 Å². The number of benzene rings is 1. The molecule has 0 aliphatic heterocycles. The highest BCUT2D eigenvalue weighted by molar-refractivity contribution is 9.10. The fraction of sp³-hybridized carbons (Fsp3) is 0.400. The van der Waals surface area contributed by atoms with E-state index < -0.39 is 12.7 Å². The molecule has 1 aromatic carbocycles. The normalized spacial score (nSPS) is 11.6. The van der Waals surface area contributed by atoms with Crippen molar-refractivity contribution < 1.29 is 18.3 Å². The van der Waals surface area contributed by atoms with Crippen molar-refractivity contribution in [3.8, 4) is 0 Å². The van der Waals surface area contributed by atoms with Crippen molar-refractivity contribution in [2.75, 3.05) is 18.5 Å². The lowest BCUT2D eigenvalue weighted by atomic mass is 10.2. The molecule has 0 saturated heterocycles. The Labute approximate surface area is 99.8 Å². The Bertz CT molecular complexity index is 368. The molecular formula is C10H11BrF3NO. The minimum atomic E-state index is -4.23. The van der Waals surface area contributed by atoms with Gasteiger partial charge in [-0.2, -0.15) is 13.2 Å². The summed E-state index contributed by atoms with van der Waals surface area (Å²) >= 11 is 3.18. The average Bonchev–Trinajstić information content (AvgIpc) is 2.14. The van der Waals surface area contributed by atoms with Crippen LogP contribution in [0.3, 0.4) is 0 Å². The molecule has 0 unspecified atom stereocenters. The summed E-state index contributed by atoms with van der Waals surface area (Å²) in [5, 5.41) is 8.86. The van der Waals surface area contributed by atoms with E-state index in [-0.39, 0.29) is 6.61 Å². The first-order valence-electron chi connectivity index (χ1n) is 4.50. The van der Waals surface area contributed by atoms with Crippen LogP contribution in [-0.2, 0) is 6.61 Å². The molecule has 1 N–H and O–H groups in total. The molecule has 0 bridgehead atoms. The Morgan fingerprint density at radius 1 is 1.38 bits per heavy atom. The maximum Gasteiger partial charge on any atom is 0.405 e. The lowest BCUT2D eigenvalue weighted by Crippen LogP contribution is -2.31. The van der Waals surface area contributed by atoms with Crippen LogP contribution in [-0.4, -0.2) is 24.9 Å². The summed E-state index contributed by atoms with van der Waals surface area (Å²) < 4.78 is 37.0. The number of hydrogen-bond donors (Lipinski definition) is 1. The van der Waals surface area contributed by atoms with Crippen LogP contribution < -0.4 is 4.90 Å². The molecule has 6 heteroatoms. The first-order chi connectivity index (χ1) is 7.33. The Morgan fingerprint density at radius 2 is 2.00 bits per heavy atom. The first kappa shape index (κ1) is 13.3. The van der Waals surface area contributed by atoms with E-state index in [1.807, 2.05) is 0 Å². The summed E-state index contributed by atoms with van der Waals surface area (Å²) in [6.45, 7) is -1.15. The SMILES string of the molecule is CN(CC(F)(F)F)c1ccc(CO)cc1Br. The van der Waals surface area contributed by atoms with Gasteiger partial charge in [-0.3, -0.25) is 0 Å². The molecule has 0 fully saturated rings. The van der Waals surface area contributed by atoms with Gasteiger partial charge in [0.15, 0.2) is 0 Å². The summed E-state index contributed by atoms with van der Waals surface area (Å²) in [5.41, 5.74) is 1.09. The second kappa shape index (κ2) is 5.05. The van der Waals surface area contributed by atoms with Crippen molar-refractivity contribution >= 4 is 21.6 Å². The van der Waals surface area contributed by atoms with Crippen LogP contribution in [0.25, 0.3) is 0 Å². The van der Waals surface area contributed by atoms with Gasteiger partial charge < -0.3 is 10.0 Å². The van der Waals surface area contributed by atoms with Gasteiger partial charge in [-0.05, 0) is 33.6 Å². The molecule has 0 spiro atoms. The fourth-order valence-corrected chi connectivity index (χ4v) is 2.04. The quantitative estimate of drug-likeness (QED) is 0.927. The number of aliphatic hydroxyl groups excluding tert-OH is 1. The van der Waals surface area contributed by atoms with E-state index in [0.29, 0.717) is 15.7 Å². The number of rotatable bonds is 3. The number of anilines is 1. The van der Waals surface area contributed by atoms with Gasteiger partial charge >= 0.3 is 6.18 Å². The molecule has 0 atom stereocenters. The summed E-state index contributed by atoms with van der Waals surface area (Å²) in [6, 6.07) is 4.73.